The van der Waals surface area contributed by atoms with Crippen molar-refractivity contribution in [1.82, 2.24) is 0 Å². The minimum Gasteiger partial charge on any atom is -0.399 e. The number of nitrogen functional groups attached to an aromatic ring is 2. The Labute approximate surface area is 95.2 Å². The Morgan fingerprint density at radius 2 is 1.12 bits per heavy atom. The molecule has 80 valence electrons. The fraction of sp³-hybridized carbons (Fsp3) is 0. The lowest BCUT2D eigenvalue weighted by molar-refractivity contribution is 1.63. The van der Waals surface area contributed by atoms with Crippen LogP contribution in [0, 0.1) is 0 Å². The summed E-state index contributed by atoms with van der Waals surface area (Å²) in [7, 11) is 0. The van der Waals surface area contributed by atoms with E-state index in [-0.39, 0.29) is 0 Å². The van der Waals surface area contributed by atoms with Gasteiger partial charge in [-0.05, 0) is 35.4 Å². The van der Waals surface area contributed by atoms with E-state index >= 15 is 0 Å². The van der Waals surface area contributed by atoms with Crippen molar-refractivity contribution in [2.24, 2.45) is 0 Å². The van der Waals surface area contributed by atoms with E-state index in [0.29, 0.717) is 0 Å². The maximum Gasteiger partial charge on any atom is 0.0319 e. The lowest BCUT2D eigenvalue weighted by Gasteiger charge is -1.97. The zero-order valence-electron chi connectivity index (χ0n) is 8.93. The van der Waals surface area contributed by atoms with Gasteiger partial charge in [-0.1, -0.05) is 36.4 Å². The summed E-state index contributed by atoms with van der Waals surface area (Å²) in [4.78, 5) is 0. The van der Waals surface area contributed by atoms with Crippen molar-refractivity contribution in [3.05, 3.63) is 59.7 Å². The molecule has 0 amide bonds. The second-order valence-corrected chi connectivity index (χ2v) is 3.67. The molecule has 0 saturated carbocycles. The van der Waals surface area contributed by atoms with Gasteiger partial charge in [-0.2, -0.15) is 0 Å². The van der Waals surface area contributed by atoms with E-state index in [4.69, 9.17) is 11.5 Å². The standard InChI is InChI=1S/C14H14N2/c15-13-5-1-3-11(9-13)7-8-12-4-2-6-14(16)10-12/h1-10H,15-16H2/b8-7+. The summed E-state index contributed by atoms with van der Waals surface area (Å²) in [6, 6.07) is 15.5. The molecule has 0 aliphatic carbocycles. The third kappa shape index (κ3) is 2.64. The van der Waals surface area contributed by atoms with Crippen molar-refractivity contribution in [3.63, 3.8) is 0 Å². The summed E-state index contributed by atoms with van der Waals surface area (Å²) < 4.78 is 0. The van der Waals surface area contributed by atoms with E-state index < -0.39 is 0 Å². The molecule has 0 aliphatic rings. The molecule has 0 fully saturated rings. The summed E-state index contributed by atoms with van der Waals surface area (Å²) >= 11 is 0. The Bertz CT molecular complexity index is 468. The van der Waals surface area contributed by atoms with E-state index in [2.05, 4.69) is 0 Å². The van der Waals surface area contributed by atoms with Crippen LogP contribution in [0.1, 0.15) is 11.1 Å². The van der Waals surface area contributed by atoms with Gasteiger partial charge in [0.05, 0.1) is 0 Å². The predicted molar refractivity (Wildman–Crippen MR) is 70.6 cm³/mol. The quantitative estimate of drug-likeness (QED) is 0.591. The first-order valence-electron chi connectivity index (χ1n) is 5.13. The lowest BCUT2D eigenvalue weighted by atomic mass is 10.1. The van der Waals surface area contributed by atoms with Gasteiger partial charge in [0, 0.05) is 11.4 Å². The molecule has 2 heteroatoms. The molecule has 0 heterocycles. The summed E-state index contributed by atoms with van der Waals surface area (Å²) in [5.74, 6) is 0. The van der Waals surface area contributed by atoms with Crippen LogP contribution >= 0.6 is 0 Å². The molecule has 0 aliphatic heterocycles. The van der Waals surface area contributed by atoms with Gasteiger partial charge in [0.25, 0.3) is 0 Å². The number of hydrogen-bond donors (Lipinski definition) is 2. The van der Waals surface area contributed by atoms with Gasteiger partial charge in [0.1, 0.15) is 0 Å². The zero-order valence-corrected chi connectivity index (χ0v) is 8.93. The van der Waals surface area contributed by atoms with E-state index in [1.54, 1.807) is 0 Å². The molecule has 0 bridgehead atoms. The van der Waals surface area contributed by atoms with Gasteiger partial charge in [-0.3, -0.25) is 0 Å². The second-order valence-electron chi connectivity index (χ2n) is 3.67. The SMILES string of the molecule is Nc1cccc(/C=C/c2cccc(N)c2)c1. The monoisotopic (exact) mass is 210 g/mol. The Morgan fingerprint density at radius 3 is 1.50 bits per heavy atom. The topological polar surface area (TPSA) is 52.0 Å². The van der Waals surface area contributed by atoms with Crippen LogP contribution in [0.3, 0.4) is 0 Å². The van der Waals surface area contributed by atoms with Crippen molar-refractivity contribution in [3.8, 4) is 0 Å². The fourth-order valence-electron chi connectivity index (χ4n) is 1.52. The molecule has 0 saturated heterocycles. The largest absolute Gasteiger partial charge is 0.399 e. The molecule has 0 aromatic heterocycles. The summed E-state index contributed by atoms with van der Waals surface area (Å²) in [5.41, 5.74) is 15.1. The highest BCUT2D eigenvalue weighted by Crippen LogP contribution is 2.13. The number of nitrogens with two attached hydrogens (primary N) is 2. The number of hydrogen-bond acceptors (Lipinski definition) is 2. The Hall–Kier alpha value is -2.22. The van der Waals surface area contributed by atoms with Gasteiger partial charge in [-0.25, -0.2) is 0 Å². The van der Waals surface area contributed by atoms with Crippen LogP contribution in [-0.2, 0) is 0 Å². The minimum atomic E-state index is 0.773. The highest BCUT2D eigenvalue weighted by atomic mass is 14.5. The third-order valence-electron chi connectivity index (χ3n) is 2.29. The van der Waals surface area contributed by atoms with E-state index in [0.717, 1.165) is 22.5 Å². The lowest BCUT2D eigenvalue weighted by Crippen LogP contribution is -1.84. The first kappa shape index (κ1) is 10.3. The molecule has 0 spiro atoms. The predicted octanol–water partition coefficient (Wildman–Crippen LogP) is 3.02. The van der Waals surface area contributed by atoms with Crippen LogP contribution in [0.25, 0.3) is 12.2 Å². The van der Waals surface area contributed by atoms with Crippen LogP contribution in [0.2, 0.25) is 0 Å². The van der Waals surface area contributed by atoms with E-state index in [1.807, 2.05) is 60.7 Å². The molecule has 0 radical (unpaired) electrons. The van der Waals surface area contributed by atoms with Crippen molar-refractivity contribution in [1.29, 1.82) is 0 Å². The van der Waals surface area contributed by atoms with Gasteiger partial charge in [-0.15, -0.1) is 0 Å². The number of anilines is 2. The highest BCUT2D eigenvalue weighted by Gasteiger charge is 1.90. The highest BCUT2D eigenvalue weighted by molar-refractivity contribution is 5.72. The van der Waals surface area contributed by atoms with Gasteiger partial charge < -0.3 is 11.5 Å². The molecule has 2 aromatic rings. The summed E-state index contributed by atoms with van der Waals surface area (Å²) in [5, 5.41) is 0. The van der Waals surface area contributed by atoms with Crippen molar-refractivity contribution in [2.75, 3.05) is 11.5 Å². The van der Waals surface area contributed by atoms with Gasteiger partial charge >= 0.3 is 0 Å². The molecule has 2 rings (SSSR count). The molecule has 0 atom stereocenters. The molecular weight excluding hydrogens is 196 g/mol. The second kappa shape index (κ2) is 4.53. The fourth-order valence-corrected chi connectivity index (χ4v) is 1.52. The van der Waals surface area contributed by atoms with Crippen LogP contribution in [-0.4, -0.2) is 0 Å². The van der Waals surface area contributed by atoms with Gasteiger partial charge in [0.15, 0.2) is 0 Å². The van der Waals surface area contributed by atoms with Crippen LogP contribution in [0.5, 0.6) is 0 Å². The van der Waals surface area contributed by atoms with Crippen molar-refractivity contribution < 1.29 is 0 Å². The molecule has 4 N–H and O–H groups in total. The summed E-state index contributed by atoms with van der Waals surface area (Å²) in [6.07, 6.45) is 4.04. The third-order valence-corrected chi connectivity index (χ3v) is 2.29. The first-order valence-corrected chi connectivity index (χ1v) is 5.13. The summed E-state index contributed by atoms with van der Waals surface area (Å²) in [6.45, 7) is 0. The Kier molecular flexibility index (Phi) is 2.92. The van der Waals surface area contributed by atoms with Crippen LogP contribution in [0.4, 0.5) is 11.4 Å². The van der Waals surface area contributed by atoms with Crippen LogP contribution < -0.4 is 11.5 Å². The molecule has 2 nitrogen and oxygen atoms in total. The normalized spacial score (nSPS) is 10.8. The average Bonchev–Trinajstić information content (AvgIpc) is 2.27. The van der Waals surface area contributed by atoms with E-state index in [1.165, 1.54) is 0 Å². The molecular formula is C14H14N2. The zero-order chi connectivity index (χ0) is 11.4. The molecule has 2 aromatic carbocycles. The smallest absolute Gasteiger partial charge is 0.0319 e. The maximum atomic E-state index is 5.70. The van der Waals surface area contributed by atoms with Crippen molar-refractivity contribution in [2.45, 2.75) is 0 Å². The van der Waals surface area contributed by atoms with Crippen molar-refractivity contribution >= 4 is 23.5 Å². The van der Waals surface area contributed by atoms with Gasteiger partial charge in [0.2, 0.25) is 0 Å². The Balaban J connectivity index is 2.21. The van der Waals surface area contributed by atoms with E-state index in [9.17, 15) is 0 Å². The molecule has 16 heavy (non-hydrogen) atoms. The average molecular weight is 210 g/mol. The first-order chi connectivity index (χ1) is 7.74. The number of benzene rings is 2. The van der Waals surface area contributed by atoms with Crippen LogP contribution in [0.15, 0.2) is 48.5 Å². The molecule has 0 unspecified atom stereocenters. The minimum absolute atomic E-state index is 0.773. The number of rotatable bonds is 2. The maximum absolute atomic E-state index is 5.70. The Morgan fingerprint density at radius 1 is 0.688 bits per heavy atom.